The molecule has 1 aliphatic heterocycles. The number of ether oxygens (including phenoxy) is 2. The third-order valence-corrected chi connectivity index (χ3v) is 3.83. The molecule has 1 heterocycles. The standard InChI is InChI=1S/C19H20N2O4/c22-18(7-4-10-20-19(23)15-5-2-1-3-6-15)21-12-14-8-9-16-17(11-14)25-13-24-16/h1-3,5-6,8-9,11H,4,7,10,12-13H2,(H,20,23)(H,21,22). The van der Waals surface area contributed by atoms with Gasteiger partial charge in [-0.05, 0) is 36.2 Å². The SMILES string of the molecule is O=C(CCCNC(=O)c1ccccc1)NCc1ccc2c(c1)OCO2. The van der Waals surface area contributed by atoms with E-state index in [1.165, 1.54) is 0 Å². The monoisotopic (exact) mass is 340 g/mol. The predicted molar refractivity (Wildman–Crippen MR) is 92.4 cm³/mol. The van der Waals surface area contributed by atoms with Crippen LogP contribution in [-0.4, -0.2) is 25.2 Å². The zero-order valence-corrected chi connectivity index (χ0v) is 13.8. The van der Waals surface area contributed by atoms with E-state index < -0.39 is 0 Å². The number of fused-ring (bicyclic) bond motifs is 1. The first-order chi connectivity index (χ1) is 12.2. The minimum atomic E-state index is -0.124. The number of rotatable bonds is 7. The average molecular weight is 340 g/mol. The molecule has 0 unspecified atom stereocenters. The van der Waals surface area contributed by atoms with Crippen molar-refractivity contribution >= 4 is 11.8 Å². The Kier molecular flexibility index (Phi) is 5.51. The van der Waals surface area contributed by atoms with Crippen LogP contribution < -0.4 is 20.1 Å². The predicted octanol–water partition coefficient (Wildman–Crippen LogP) is 2.24. The van der Waals surface area contributed by atoms with Gasteiger partial charge in [-0.2, -0.15) is 0 Å². The number of benzene rings is 2. The molecule has 25 heavy (non-hydrogen) atoms. The van der Waals surface area contributed by atoms with E-state index in [0.29, 0.717) is 37.2 Å². The van der Waals surface area contributed by atoms with Gasteiger partial charge in [0.1, 0.15) is 0 Å². The Bertz CT molecular complexity index is 746. The molecule has 0 bridgehead atoms. The van der Waals surface area contributed by atoms with Gasteiger partial charge in [0, 0.05) is 25.1 Å². The van der Waals surface area contributed by atoms with E-state index in [0.717, 1.165) is 11.3 Å². The summed E-state index contributed by atoms with van der Waals surface area (Å²) in [6, 6.07) is 14.6. The average Bonchev–Trinajstić information content (AvgIpc) is 3.12. The van der Waals surface area contributed by atoms with Crippen molar-refractivity contribution in [1.29, 1.82) is 0 Å². The maximum Gasteiger partial charge on any atom is 0.251 e. The van der Waals surface area contributed by atoms with Gasteiger partial charge in [-0.15, -0.1) is 0 Å². The Morgan fingerprint density at radius 1 is 0.960 bits per heavy atom. The molecule has 0 radical (unpaired) electrons. The highest BCUT2D eigenvalue weighted by Gasteiger charge is 2.13. The first kappa shape index (κ1) is 16.8. The summed E-state index contributed by atoms with van der Waals surface area (Å²) >= 11 is 0. The van der Waals surface area contributed by atoms with Gasteiger partial charge in [0.05, 0.1) is 0 Å². The number of carbonyl (C=O) groups is 2. The van der Waals surface area contributed by atoms with Crippen LogP contribution in [0.1, 0.15) is 28.8 Å². The molecule has 0 fully saturated rings. The van der Waals surface area contributed by atoms with Crippen molar-refractivity contribution in [2.24, 2.45) is 0 Å². The zero-order chi connectivity index (χ0) is 17.5. The van der Waals surface area contributed by atoms with Crippen molar-refractivity contribution in [3.8, 4) is 11.5 Å². The van der Waals surface area contributed by atoms with E-state index in [9.17, 15) is 9.59 Å². The van der Waals surface area contributed by atoms with Gasteiger partial charge in [-0.1, -0.05) is 24.3 Å². The second-order valence-electron chi connectivity index (χ2n) is 5.69. The van der Waals surface area contributed by atoms with Crippen LogP contribution in [0, 0.1) is 0 Å². The highest BCUT2D eigenvalue weighted by Crippen LogP contribution is 2.32. The molecule has 0 atom stereocenters. The molecule has 2 aromatic rings. The summed E-state index contributed by atoms with van der Waals surface area (Å²) in [6.07, 6.45) is 0.950. The van der Waals surface area contributed by atoms with E-state index in [1.54, 1.807) is 12.1 Å². The maximum atomic E-state index is 11.9. The van der Waals surface area contributed by atoms with Gasteiger partial charge in [-0.25, -0.2) is 0 Å². The van der Waals surface area contributed by atoms with Gasteiger partial charge < -0.3 is 20.1 Å². The van der Waals surface area contributed by atoms with Gasteiger partial charge in [0.15, 0.2) is 11.5 Å². The maximum absolute atomic E-state index is 11.9. The highest BCUT2D eigenvalue weighted by molar-refractivity contribution is 5.94. The fraction of sp³-hybridized carbons (Fsp3) is 0.263. The topological polar surface area (TPSA) is 76.7 Å². The van der Waals surface area contributed by atoms with Crippen LogP contribution in [0.25, 0.3) is 0 Å². The molecule has 130 valence electrons. The van der Waals surface area contributed by atoms with Crippen molar-refractivity contribution < 1.29 is 19.1 Å². The van der Waals surface area contributed by atoms with E-state index in [1.807, 2.05) is 36.4 Å². The fourth-order valence-corrected chi connectivity index (χ4v) is 2.48. The van der Waals surface area contributed by atoms with Crippen LogP contribution in [0.5, 0.6) is 11.5 Å². The van der Waals surface area contributed by atoms with E-state index in [2.05, 4.69) is 10.6 Å². The lowest BCUT2D eigenvalue weighted by Gasteiger charge is -2.07. The quantitative estimate of drug-likeness (QED) is 0.758. The van der Waals surface area contributed by atoms with Crippen molar-refractivity contribution in [2.45, 2.75) is 19.4 Å². The summed E-state index contributed by atoms with van der Waals surface area (Å²) in [6.45, 7) is 1.14. The third kappa shape index (κ3) is 4.73. The highest BCUT2D eigenvalue weighted by atomic mass is 16.7. The Balaban J connectivity index is 1.34. The summed E-state index contributed by atoms with van der Waals surface area (Å²) in [5, 5.41) is 5.67. The lowest BCUT2D eigenvalue weighted by molar-refractivity contribution is -0.121. The number of carbonyl (C=O) groups excluding carboxylic acids is 2. The largest absolute Gasteiger partial charge is 0.454 e. The third-order valence-electron chi connectivity index (χ3n) is 3.83. The van der Waals surface area contributed by atoms with E-state index in [4.69, 9.17) is 9.47 Å². The molecule has 2 amide bonds. The van der Waals surface area contributed by atoms with Crippen LogP contribution in [0.15, 0.2) is 48.5 Å². The minimum Gasteiger partial charge on any atom is -0.454 e. The molecule has 1 aliphatic rings. The molecular formula is C19H20N2O4. The Morgan fingerprint density at radius 3 is 2.60 bits per heavy atom. The molecule has 2 aromatic carbocycles. The van der Waals surface area contributed by atoms with E-state index in [-0.39, 0.29) is 18.6 Å². The van der Waals surface area contributed by atoms with Crippen molar-refractivity contribution in [2.75, 3.05) is 13.3 Å². The molecule has 0 aliphatic carbocycles. The second-order valence-corrected chi connectivity index (χ2v) is 5.69. The molecule has 6 nitrogen and oxygen atoms in total. The Hall–Kier alpha value is -3.02. The number of hydrogen-bond acceptors (Lipinski definition) is 4. The molecule has 0 spiro atoms. The molecule has 0 saturated carbocycles. The van der Waals surface area contributed by atoms with Crippen LogP contribution in [0.3, 0.4) is 0 Å². The van der Waals surface area contributed by atoms with Gasteiger partial charge in [0.25, 0.3) is 5.91 Å². The van der Waals surface area contributed by atoms with Crippen molar-refractivity contribution in [3.63, 3.8) is 0 Å². The fourth-order valence-electron chi connectivity index (χ4n) is 2.48. The van der Waals surface area contributed by atoms with Crippen LogP contribution >= 0.6 is 0 Å². The first-order valence-corrected chi connectivity index (χ1v) is 8.21. The summed E-state index contributed by atoms with van der Waals surface area (Å²) in [5.74, 6) is 1.26. The molecule has 3 rings (SSSR count). The lowest BCUT2D eigenvalue weighted by Crippen LogP contribution is -2.27. The molecule has 2 N–H and O–H groups in total. The second kappa shape index (κ2) is 8.19. The molecule has 0 saturated heterocycles. The Morgan fingerprint density at radius 2 is 1.76 bits per heavy atom. The molecular weight excluding hydrogens is 320 g/mol. The van der Waals surface area contributed by atoms with Crippen molar-refractivity contribution in [1.82, 2.24) is 10.6 Å². The number of nitrogens with one attached hydrogen (secondary N) is 2. The summed E-state index contributed by atoms with van der Waals surface area (Å²) in [4.78, 5) is 23.7. The van der Waals surface area contributed by atoms with Gasteiger partial charge in [-0.3, -0.25) is 9.59 Å². The number of amides is 2. The summed E-state index contributed by atoms with van der Waals surface area (Å²) in [5.41, 5.74) is 1.57. The smallest absolute Gasteiger partial charge is 0.251 e. The van der Waals surface area contributed by atoms with Gasteiger partial charge in [0.2, 0.25) is 12.7 Å². The normalized spacial score (nSPS) is 11.8. The lowest BCUT2D eigenvalue weighted by atomic mass is 10.2. The van der Waals surface area contributed by atoms with Crippen LogP contribution in [-0.2, 0) is 11.3 Å². The van der Waals surface area contributed by atoms with Gasteiger partial charge >= 0.3 is 0 Å². The Labute approximate surface area is 146 Å². The zero-order valence-electron chi connectivity index (χ0n) is 13.8. The summed E-state index contributed by atoms with van der Waals surface area (Å²) < 4.78 is 10.6. The summed E-state index contributed by atoms with van der Waals surface area (Å²) in [7, 11) is 0. The van der Waals surface area contributed by atoms with Crippen LogP contribution in [0.4, 0.5) is 0 Å². The number of hydrogen-bond donors (Lipinski definition) is 2. The minimum absolute atomic E-state index is 0.0494. The molecule has 6 heteroatoms. The molecule has 0 aromatic heterocycles. The first-order valence-electron chi connectivity index (χ1n) is 8.21. The van der Waals surface area contributed by atoms with E-state index >= 15 is 0 Å². The van der Waals surface area contributed by atoms with Crippen LogP contribution in [0.2, 0.25) is 0 Å². The van der Waals surface area contributed by atoms with Crippen molar-refractivity contribution in [3.05, 3.63) is 59.7 Å².